The van der Waals surface area contributed by atoms with Crippen molar-refractivity contribution in [2.45, 2.75) is 32.7 Å². The molecule has 0 bridgehead atoms. The Labute approximate surface area is 104 Å². The normalized spacial score (nSPS) is 18.0. The van der Waals surface area contributed by atoms with Crippen molar-refractivity contribution >= 4 is 0 Å². The first-order chi connectivity index (χ1) is 8.24. The van der Waals surface area contributed by atoms with Crippen LogP contribution in [0.15, 0.2) is 36.2 Å². The molecule has 1 aliphatic rings. The van der Waals surface area contributed by atoms with Gasteiger partial charge >= 0.3 is 0 Å². The SMILES string of the molecule is CC(C)=CCN1CCC(Nn2cccc2)CC1. The van der Waals surface area contributed by atoms with Crippen molar-refractivity contribution in [1.29, 1.82) is 0 Å². The van der Waals surface area contributed by atoms with Gasteiger partial charge < -0.3 is 5.43 Å². The summed E-state index contributed by atoms with van der Waals surface area (Å²) in [5, 5.41) is 0. The van der Waals surface area contributed by atoms with E-state index in [1.807, 2.05) is 0 Å². The third-order valence-corrected chi connectivity index (χ3v) is 3.28. The molecule has 1 aromatic rings. The van der Waals surface area contributed by atoms with Crippen molar-refractivity contribution < 1.29 is 0 Å². The van der Waals surface area contributed by atoms with Gasteiger partial charge in [0, 0.05) is 38.1 Å². The lowest BCUT2D eigenvalue weighted by Gasteiger charge is -2.32. The maximum absolute atomic E-state index is 3.52. The summed E-state index contributed by atoms with van der Waals surface area (Å²) in [7, 11) is 0. The lowest BCUT2D eigenvalue weighted by Crippen LogP contribution is -2.41. The standard InChI is InChI=1S/C14H23N3/c1-13(2)5-10-16-11-6-14(7-12-16)15-17-8-3-4-9-17/h3-5,8-9,14-15H,6-7,10-12H2,1-2H3. The summed E-state index contributed by atoms with van der Waals surface area (Å²) in [6, 6.07) is 4.72. The lowest BCUT2D eigenvalue weighted by molar-refractivity contribution is 0.234. The minimum absolute atomic E-state index is 0.616. The zero-order valence-electron chi connectivity index (χ0n) is 10.9. The summed E-state index contributed by atoms with van der Waals surface area (Å²) in [5.74, 6) is 0. The van der Waals surface area contributed by atoms with Gasteiger partial charge in [0.15, 0.2) is 0 Å². The maximum atomic E-state index is 3.52. The molecule has 0 aromatic carbocycles. The number of likely N-dealkylation sites (tertiary alicyclic amines) is 1. The molecule has 0 spiro atoms. The summed E-state index contributed by atoms with van der Waals surface area (Å²) in [4.78, 5) is 2.53. The predicted molar refractivity (Wildman–Crippen MR) is 72.7 cm³/mol. The summed E-state index contributed by atoms with van der Waals surface area (Å²) in [5.41, 5.74) is 4.94. The molecule has 0 radical (unpaired) electrons. The number of aromatic nitrogens is 1. The van der Waals surface area contributed by atoms with Crippen LogP contribution in [0.1, 0.15) is 26.7 Å². The van der Waals surface area contributed by atoms with Crippen molar-refractivity contribution in [3.63, 3.8) is 0 Å². The van der Waals surface area contributed by atoms with Crippen LogP contribution < -0.4 is 5.43 Å². The molecule has 1 N–H and O–H groups in total. The quantitative estimate of drug-likeness (QED) is 0.806. The van der Waals surface area contributed by atoms with Gasteiger partial charge in [-0.3, -0.25) is 9.58 Å². The molecular weight excluding hydrogens is 210 g/mol. The van der Waals surface area contributed by atoms with Crippen LogP contribution >= 0.6 is 0 Å². The second-order valence-corrected chi connectivity index (χ2v) is 5.08. The zero-order chi connectivity index (χ0) is 12.1. The van der Waals surface area contributed by atoms with Gasteiger partial charge in [-0.25, -0.2) is 0 Å². The maximum Gasteiger partial charge on any atom is 0.0448 e. The van der Waals surface area contributed by atoms with Gasteiger partial charge in [0.05, 0.1) is 0 Å². The first-order valence-corrected chi connectivity index (χ1v) is 6.49. The van der Waals surface area contributed by atoms with E-state index in [1.165, 1.54) is 31.5 Å². The third kappa shape index (κ3) is 3.93. The van der Waals surface area contributed by atoms with Gasteiger partial charge in [-0.1, -0.05) is 11.6 Å². The molecule has 0 aliphatic carbocycles. The number of nitrogens with one attached hydrogen (secondary N) is 1. The first kappa shape index (κ1) is 12.2. The predicted octanol–water partition coefficient (Wildman–Crippen LogP) is 2.46. The molecule has 17 heavy (non-hydrogen) atoms. The summed E-state index contributed by atoms with van der Waals surface area (Å²) >= 11 is 0. The van der Waals surface area contributed by atoms with E-state index in [4.69, 9.17) is 0 Å². The molecule has 1 aromatic heterocycles. The van der Waals surface area contributed by atoms with E-state index in [0.29, 0.717) is 6.04 Å². The van der Waals surface area contributed by atoms with Crippen LogP contribution in [-0.2, 0) is 0 Å². The van der Waals surface area contributed by atoms with Crippen molar-refractivity contribution in [2.24, 2.45) is 0 Å². The Bertz CT molecular complexity index is 342. The molecule has 0 atom stereocenters. The molecule has 0 unspecified atom stereocenters. The number of rotatable bonds is 4. The van der Waals surface area contributed by atoms with Gasteiger partial charge in [-0.2, -0.15) is 0 Å². The highest BCUT2D eigenvalue weighted by atomic mass is 15.4. The van der Waals surface area contributed by atoms with Gasteiger partial charge in [0.25, 0.3) is 0 Å². The fraction of sp³-hybridized carbons (Fsp3) is 0.571. The van der Waals surface area contributed by atoms with Crippen molar-refractivity contribution in [3.8, 4) is 0 Å². The van der Waals surface area contributed by atoms with E-state index in [0.717, 1.165) is 6.54 Å². The zero-order valence-corrected chi connectivity index (χ0v) is 10.9. The highest BCUT2D eigenvalue weighted by Gasteiger charge is 2.17. The molecule has 1 fully saturated rings. The van der Waals surface area contributed by atoms with E-state index in [9.17, 15) is 0 Å². The minimum Gasteiger partial charge on any atom is -0.323 e. The summed E-state index contributed by atoms with van der Waals surface area (Å²) in [6.45, 7) is 7.84. The van der Waals surface area contributed by atoms with E-state index in [1.54, 1.807) is 0 Å². The smallest absolute Gasteiger partial charge is 0.0448 e. The van der Waals surface area contributed by atoms with Crippen LogP contribution in [-0.4, -0.2) is 35.3 Å². The Balaban J connectivity index is 1.72. The summed E-state index contributed by atoms with van der Waals surface area (Å²) < 4.78 is 2.07. The Morgan fingerprint density at radius 1 is 1.24 bits per heavy atom. The second-order valence-electron chi connectivity index (χ2n) is 5.08. The number of hydrogen-bond donors (Lipinski definition) is 1. The topological polar surface area (TPSA) is 20.2 Å². The Kier molecular flexibility index (Phi) is 4.26. The molecular formula is C14H23N3. The second kappa shape index (κ2) is 5.92. The molecule has 0 amide bonds. The van der Waals surface area contributed by atoms with Crippen molar-refractivity contribution in [1.82, 2.24) is 9.58 Å². The number of hydrogen-bond acceptors (Lipinski definition) is 2. The molecule has 3 heteroatoms. The highest BCUT2D eigenvalue weighted by Crippen LogP contribution is 2.11. The average molecular weight is 233 g/mol. The monoisotopic (exact) mass is 233 g/mol. The van der Waals surface area contributed by atoms with E-state index < -0.39 is 0 Å². The van der Waals surface area contributed by atoms with E-state index in [-0.39, 0.29) is 0 Å². The van der Waals surface area contributed by atoms with Gasteiger partial charge in [-0.05, 0) is 38.8 Å². The van der Waals surface area contributed by atoms with Crippen molar-refractivity contribution in [2.75, 3.05) is 25.1 Å². The van der Waals surface area contributed by atoms with Crippen LogP contribution in [0.3, 0.4) is 0 Å². The van der Waals surface area contributed by atoms with Gasteiger partial charge in [0.1, 0.15) is 0 Å². The molecule has 2 heterocycles. The van der Waals surface area contributed by atoms with Crippen LogP contribution in [0.2, 0.25) is 0 Å². The number of nitrogens with zero attached hydrogens (tertiary/aromatic N) is 2. The van der Waals surface area contributed by atoms with Crippen molar-refractivity contribution in [3.05, 3.63) is 36.2 Å². The lowest BCUT2D eigenvalue weighted by atomic mass is 10.1. The number of piperidine rings is 1. The van der Waals surface area contributed by atoms with Crippen LogP contribution in [0.5, 0.6) is 0 Å². The van der Waals surface area contributed by atoms with Gasteiger partial charge in [0.2, 0.25) is 0 Å². The Hall–Kier alpha value is -1.22. The Morgan fingerprint density at radius 3 is 2.47 bits per heavy atom. The van der Waals surface area contributed by atoms with Gasteiger partial charge in [-0.15, -0.1) is 0 Å². The molecule has 1 aliphatic heterocycles. The highest BCUT2D eigenvalue weighted by molar-refractivity contribution is 4.98. The van der Waals surface area contributed by atoms with Crippen LogP contribution in [0.4, 0.5) is 0 Å². The Morgan fingerprint density at radius 2 is 1.88 bits per heavy atom. The van der Waals surface area contributed by atoms with Crippen LogP contribution in [0, 0.1) is 0 Å². The minimum atomic E-state index is 0.616. The number of allylic oxidation sites excluding steroid dienone is 1. The summed E-state index contributed by atoms with van der Waals surface area (Å²) in [6.07, 6.45) is 8.91. The average Bonchev–Trinajstić information content (AvgIpc) is 2.81. The van der Waals surface area contributed by atoms with E-state index in [2.05, 4.69) is 59.5 Å². The fourth-order valence-corrected chi connectivity index (χ4v) is 2.19. The molecule has 94 valence electrons. The molecule has 3 nitrogen and oxygen atoms in total. The van der Waals surface area contributed by atoms with Crippen LogP contribution in [0.25, 0.3) is 0 Å². The molecule has 1 saturated heterocycles. The third-order valence-electron chi connectivity index (χ3n) is 3.28. The largest absolute Gasteiger partial charge is 0.323 e. The first-order valence-electron chi connectivity index (χ1n) is 6.49. The molecule has 0 saturated carbocycles. The molecule has 2 rings (SSSR count). The fourth-order valence-electron chi connectivity index (χ4n) is 2.19. The van der Waals surface area contributed by atoms with E-state index >= 15 is 0 Å².